The summed E-state index contributed by atoms with van der Waals surface area (Å²) in [5.74, 6) is 0. The molecule has 1 heterocycles. The van der Waals surface area contributed by atoms with Gasteiger partial charge in [-0.3, -0.25) is 0 Å². The molecule has 0 radical (unpaired) electrons. The maximum atomic E-state index is 6.32. The van der Waals surface area contributed by atoms with E-state index in [2.05, 4.69) is 138 Å². The van der Waals surface area contributed by atoms with E-state index < -0.39 is 0 Å². The van der Waals surface area contributed by atoms with E-state index in [-0.39, 0.29) is 0 Å². The SMILES string of the molecule is C/C=C\C=C(/N)c1ccc2cc(-c3ccc4c(ccc5c6ccc(C/C=C\C=C/N)cc6n(-c6cccc7ccccc67)c45)c3)ccc2c1. The van der Waals surface area contributed by atoms with E-state index in [1.165, 1.54) is 76.5 Å². The Morgan fingerprint density at radius 2 is 1.35 bits per heavy atom. The Balaban J connectivity index is 1.30. The minimum atomic E-state index is 0.763. The van der Waals surface area contributed by atoms with Gasteiger partial charge < -0.3 is 16.0 Å². The number of hydrogen-bond acceptors (Lipinski definition) is 2. The number of fused-ring (bicyclic) bond motifs is 7. The van der Waals surface area contributed by atoms with Crippen molar-refractivity contribution >= 4 is 59.8 Å². The van der Waals surface area contributed by atoms with Gasteiger partial charge in [0.05, 0.1) is 16.7 Å². The third-order valence-corrected chi connectivity index (χ3v) is 9.50. The lowest BCUT2D eigenvalue weighted by molar-refractivity contribution is 1.19. The van der Waals surface area contributed by atoms with Crippen molar-refractivity contribution < 1.29 is 0 Å². The average Bonchev–Trinajstić information content (AvgIpc) is 3.48. The highest BCUT2D eigenvalue weighted by Crippen LogP contribution is 2.40. The van der Waals surface area contributed by atoms with Crippen molar-refractivity contribution in [3.63, 3.8) is 0 Å². The summed E-state index contributed by atoms with van der Waals surface area (Å²) in [7, 11) is 0. The summed E-state index contributed by atoms with van der Waals surface area (Å²) in [4.78, 5) is 0. The molecule has 0 fully saturated rings. The normalized spacial score (nSPS) is 12.7. The summed E-state index contributed by atoms with van der Waals surface area (Å²) in [6.07, 6.45) is 14.3. The molecule has 0 aliphatic heterocycles. The second-order valence-corrected chi connectivity index (χ2v) is 12.5. The smallest absolute Gasteiger partial charge is 0.0619 e. The fourth-order valence-corrected chi connectivity index (χ4v) is 7.09. The molecule has 0 amide bonds. The fraction of sp³-hybridized carbons (Fsp3) is 0.0435. The molecule has 1 aromatic heterocycles. The number of nitrogens with zero attached hydrogens (tertiary/aromatic N) is 1. The molecule has 0 saturated carbocycles. The Kier molecular flexibility index (Phi) is 7.79. The molecule has 4 N–H and O–H groups in total. The molecule has 3 heteroatoms. The van der Waals surface area contributed by atoms with Gasteiger partial charge in [0.2, 0.25) is 0 Å². The van der Waals surface area contributed by atoms with E-state index in [4.69, 9.17) is 11.5 Å². The van der Waals surface area contributed by atoms with Gasteiger partial charge in [0.1, 0.15) is 0 Å². The second kappa shape index (κ2) is 12.7. The van der Waals surface area contributed by atoms with Crippen LogP contribution in [0.3, 0.4) is 0 Å². The molecular weight excluding hydrogens is 595 g/mol. The summed E-state index contributed by atoms with van der Waals surface area (Å²) >= 11 is 0. The molecule has 7 aromatic carbocycles. The van der Waals surface area contributed by atoms with Crippen molar-refractivity contribution in [2.45, 2.75) is 13.3 Å². The Morgan fingerprint density at radius 1 is 0.612 bits per heavy atom. The Labute approximate surface area is 286 Å². The number of allylic oxidation sites excluding steroid dienone is 6. The van der Waals surface area contributed by atoms with Crippen LogP contribution in [0.1, 0.15) is 18.1 Å². The minimum Gasteiger partial charge on any atom is -0.405 e. The maximum absolute atomic E-state index is 6.32. The molecule has 3 nitrogen and oxygen atoms in total. The molecule has 0 aliphatic rings. The molecule has 0 aliphatic carbocycles. The van der Waals surface area contributed by atoms with Crippen LogP contribution in [0.15, 0.2) is 170 Å². The van der Waals surface area contributed by atoms with Crippen LogP contribution in [0.5, 0.6) is 0 Å². The maximum Gasteiger partial charge on any atom is 0.0619 e. The fourth-order valence-electron chi connectivity index (χ4n) is 7.09. The summed E-state index contributed by atoms with van der Waals surface area (Å²) in [5.41, 5.74) is 20.9. The average molecular weight is 632 g/mol. The van der Waals surface area contributed by atoms with Gasteiger partial charge in [0.15, 0.2) is 0 Å². The van der Waals surface area contributed by atoms with Gasteiger partial charge in [-0.05, 0) is 106 Å². The predicted molar refractivity (Wildman–Crippen MR) is 212 cm³/mol. The zero-order chi connectivity index (χ0) is 33.3. The number of nitrogens with two attached hydrogens (primary N) is 2. The molecule has 0 bridgehead atoms. The zero-order valence-corrected chi connectivity index (χ0v) is 27.5. The van der Waals surface area contributed by atoms with Gasteiger partial charge in [-0.1, -0.05) is 121 Å². The van der Waals surface area contributed by atoms with Crippen LogP contribution < -0.4 is 11.5 Å². The van der Waals surface area contributed by atoms with Gasteiger partial charge in [-0.2, -0.15) is 0 Å². The first-order valence-electron chi connectivity index (χ1n) is 16.8. The number of aromatic nitrogens is 1. The number of rotatable bonds is 7. The molecule has 8 aromatic rings. The first-order valence-corrected chi connectivity index (χ1v) is 16.8. The lowest BCUT2D eigenvalue weighted by atomic mass is 9.96. The zero-order valence-electron chi connectivity index (χ0n) is 27.5. The molecule has 0 unspecified atom stereocenters. The van der Waals surface area contributed by atoms with Gasteiger partial charge in [0, 0.05) is 27.2 Å². The van der Waals surface area contributed by atoms with E-state index >= 15 is 0 Å². The van der Waals surface area contributed by atoms with Gasteiger partial charge in [-0.25, -0.2) is 0 Å². The highest BCUT2D eigenvalue weighted by molar-refractivity contribution is 6.19. The Hall–Kier alpha value is -6.32. The van der Waals surface area contributed by atoms with E-state index in [9.17, 15) is 0 Å². The van der Waals surface area contributed by atoms with Gasteiger partial charge in [0.25, 0.3) is 0 Å². The molecular formula is C46H37N3. The van der Waals surface area contributed by atoms with E-state index in [0.29, 0.717) is 0 Å². The monoisotopic (exact) mass is 631 g/mol. The van der Waals surface area contributed by atoms with Gasteiger partial charge >= 0.3 is 0 Å². The standard InChI is InChI=1S/C46H37N3/c1-2-3-14-43(48)38-20-19-34-28-33(17-18-35(34)30-38)36-21-24-40-37(29-36)22-25-42-41-23-16-31(10-5-4-8-26-47)27-45(41)49(46(40)42)44-15-9-12-32-11-6-7-13-39(32)44/h2-9,11-30H,10,47-48H2,1H3/b3-2-,5-4-,26-8-,43-14-. The lowest BCUT2D eigenvalue weighted by Crippen LogP contribution is -1.96. The first-order chi connectivity index (χ1) is 24.1. The van der Waals surface area contributed by atoms with Crippen LogP contribution in [-0.2, 0) is 6.42 Å². The van der Waals surface area contributed by atoms with Crippen LogP contribution >= 0.6 is 0 Å². The highest BCUT2D eigenvalue weighted by atomic mass is 15.0. The van der Waals surface area contributed by atoms with Crippen molar-refractivity contribution in [2.24, 2.45) is 11.5 Å². The van der Waals surface area contributed by atoms with E-state index in [0.717, 1.165) is 17.7 Å². The van der Waals surface area contributed by atoms with E-state index in [1.807, 2.05) is 37.3 Å². The van der Waals surface area contributed by atoms with Crippen molar-refractivity contribution in [1.29, 1.82) is 0 Å². The second-order valence-electron chi connectivity index (χ2n) is 12.5. The largest absolute Gasteiger partial charge is 0.405 e. The predicted octanol–water partition coefficient (Wildman–Crippen LogP) is 11.4. The van der Waals surface area contributed by atoms with Crippen LogP contribution in [-0.4, -0.2) is 4.57 Å². The van der Waals surface area contributed by atoms with Crippen molar-refractivity contribution in [3.05, 3.63) is 181 Å². The van der Waals surface area contributed by atoms with Crippen LogP contribution in [0.25, 0.3) is 76.6 Å². The Bertz CT molecular complexity index is 2660. The third-order valence-electron chi connectivity index (χ3n) is 9.50. The highest BCUT2D eigenvalue weighted by Gasteiger charge is 2.17. The topological polar surface area (TPSA) is 57.0 Å². The van der Waals surface area contributed by atoms with Crippen LogP contribution in [0.2, 0.25) is 0 Å². The third kappa shape index (κ3) is 5.46. The van der Waals surface area contributed by atoms with Crippen molar-refractivity contribution in [1.82, 2.24) is 4.57 Å². The molecule has 0 spiro atoms. The summed E-state index contributed by atoms with van der Waals surface area (Å²) < 4.78 is 2.48. The summed E-state index contributed by atoms with van der Waals surface area (Å²) in [6.45, 7) is 1.99. The van der Waals surface area contributed by atoms with Crippen molar-refractivity contribution in [3.8, 4) is 16.8 Å². The molecule has 236 valence electrons. The summed E-state index contributed by atoms with van der Waals surface area (Å²) in [5, 5.41) is 9.76. The van der Waals surface area contributed by atoms with E-state index in [1.54, 1.807) is 6.20 Å². The molecule has 0 atom stereocenters. The Morgan fingerprint density at radius 3 is 2.22 bits per heavy atom. The van der Waals surface area contributed by atoms with Crippen molar-refractivity contribution in [2.75, 3.05) is 0 Å². The van der Waals surface area contributed by atoms with Crippen LogP contribution in [0.4, 0.5) is 0 Å². The number of hydrogen-bond donors (Lipinski definition) is 2. The number of benzene rings is 7. The molecule has 8 rings (SSSR count). The quantitative estimate of drug-likeness (QED) is 0.172. The molecule has 49 heavy (non-hydrogen) atoms. The lowest BCUT2D eigenvalue weighted by Gasteiger charge is -2.14. The minimum absolute atomic E-state index is 0.763. The molecule has 0 saturated heterocycles. The summed E-state index contributed by atoms with van der Waals surface area (Å²) in [6, 6.07) is 46.7. The first kappa shape index (κ1) is 30.0. The van der Waals surface area contributed by atoms with Crippen LogP contribution in [0, 0.1) is 0 Å². The van der Waals surface area contributed by atoms with Gasteiger partial charge in [-0.15, -0.1) is 0 Å².